The summed E-state index contributed by atoms with van der Waals surface area (Å²) in [4.78, 5) is 26.3. The van der Waals surface area contributed by atoms with Crippen molar-refractivity contribution in [2.24, 2.45) is 17.8 Å². The summed E-state index contributed by atoms with van der Waals surface area (Å²) < 4.78 is 0. The zero-order chi connectivity index (χ0) is 15.9. The molecule has 0 radical (unpaired) electrons. The Morgan fingerprint density at radius 2 is 1.85 bits per heavy atom. The number of rotatable bonds is 4. The van der Waals surface area contributed by atoms with Gasteiger partial charge in [-0.2, -0.15) is 0 Å². The van der Waals surface area contributed by atoms with Crippen molar-refractivity contribution < 1.29 is 9.59 Å². The first-order valence-corrected chi connectivity index (χ1v) is 7.56. The van der Waals surface area contributed by atoms with Gasteiger partial charge in [0.1, 0.15) is 5.78 Å². The van der Waals surface area contributed by atoms with Crippen molar-refractivity contribution >= 4 is 11.7 Å². The number of hydrogen-bond donors (Lipinski definition) is 0. The van der Waals surface area contributed by atoms with Gasteiger partial charge in [0.05, 0.1) is 0 Å². The van der Waals surface area contributed by atoms with Crippen LogP contribution in [0.1, 0.15) is 53.4 Å². The fourth-order valence-corrected chi connectivity index (χ4v) is 3.31. The van der Waals surface area contributed by atoms with E-state index in [-0.39, 0.29) is 23.8 Å². The standard InChI is InChI=1S/C15H27NO2.C2H2/c1-6-8-12-9-10(3)14(13(17)7-2)11(4)16(5)15(12)18;1-2/h10-12,14H,6-9H2,1-5H3;1-2H. The smallest absolute Gasteiger partial charge is 0.225 e. The summed E-state index contributed by atoms with van der Waals surface area (Å²) in [7, 11) is 1.85. The van der Waals surface area contributed by atoms with E-state index in [9.17, 15) is 9.59 Å². The maximum absolute atomic E-state index is 12.4. The number of terminal acetylenes is 1. The molecule has 0 aliphatic carbocycles. The molecule has 0 bridgehead atoms. The molecule has 0 spiro atoms. The summed E-state index contributed by atoms with van der Waals surface area (Å²) in [5, 5.41) is 0. The Balaban J connectivity index is 0.00000172. The molecular weight excluding hydrogens is 250 g/mol. The van der Waals surface area contributed by atoms with Gasteiger partial charge >= 0.3 is 0 Å². The van der Waals surface area contributed by atoms with Gasteiger partial charge in [0.2, 0.25) is 5.91 Å². The molecule has 1 saturated heterocycles. The predicted molar refractivity (Wildman–Crippen MR) is 83.1 cm³/mol. The second-order valence-corrected chi connectivity index (χ2v) is 5.73. The first kappa shape index (κ1) is 18.7. The van der Waals surface area contributed by atoms with Crippen LogP contribution in [0.15, 0.2) is 0 Å². The van der Waals surface area contributed by atoms with Gasteiger partial charge in [-0.3, -0.25) is 9.59 Å². The second-order valence-electron chi connectivity index (χ2n) is 5.73. The number of hydrogen-bond acceptors (Lipinski definition) is 2. The third kappa shape index (κ3) is 4.10. The van der Waals surface area contributed by atoms with Crippen LogP contribution in [-0.4, -0.2) is 29.7 Å². The van der Waals surface area contributed by atoms with Crippen LogP contribution < -0.4 is 0 Å². The third-order valence-electron chi connectivity index (χ3n) is 4.45. The van der Waals surface area contributed by atoms with Crippen molar-refractivity contribution in [3.63, 3.8) is 0 Å². The van der Waals surface area contributed by atoms with E-state index in [0.717, 1.165) is 19.3 Å². The van der Waals surface area contributed by atoms with E-state index < -0.39 is 0 Å². The summed E-state index contributed by atoms with van der Waals surface area (Å²) >= 11 is 0. The van der Waals surface area contributed by atoms with Gasteiger partial charge < -0.3 is 4.90 Å². The molecule has 3 nitrogen and oxygen atoms in total. The number of amides is 1. The molecule has 1 rings (SSSR count). The highest BCUT2D eigenvalue weighted by molar-refractivity contribution is 5.85. The number of ketones is 1. The molecule has 1 aliphatic rings. The molecule has 0 aromatic carbocycles. The molecule has 3 heteroatoms. The normalized spacial score (nSPS) is 30.1. The van der Waals surface area contributed by atoms with Crippen LogP contribution in [0.2, 0.25) is 0 Å². The lowest BCUT2D eigenvalue weighted by Crippen LogP contribution is -2.43. The largest absolute Gasteiger partial charge is 0.342 e. The molecule has 20 heavy (non-hydrogen) atoms. The van der Waals surface area contributed by atoms with Gasteiger partial charge in [0, 0.05) is 31.3 Å². The first-order valence-electron chi connectivity index (χ1n) is 7.56. The van der Waals surface area contributed by atoms with Crippen molar-refractivity contribution in [1.82, 2.24) is 4.90 Å². The monoisotopic (exact) mass is 279 g/mol. The van der Waals surface area contributed by atoms with E-state index in [1.54, 1.807) is 0 Å². The highest BCUT2D eigenvalue weighted by Crippen LogP contribution is 2.34. The molecule has 1 fully saturated rings. The van der Waals surface area contributed by atoms with Crippen LogP contribution in [-0.2, 0) is 9.59 Å². The van der Waals surface area contributed by atoms with Gasteiger partial charge in [-0.05, 0) is 25.7 Å². The van der Waals surface area contributed by atoms with E-state index in [1.165, 1.54) is 0 Å². The van der Waals surface area contributed by atoms with Gasteiger partial charge in [0.25, 0.3) is 0 Å². The zero-order valence-electron chi connectivity index (χ0n) is 13.6. The van der Waals surface area contributed by atoms with E-state index >= 15 is 0 Å². The highest BCUT2D eigenvalue weighted by atomic mass is 16.2. The minimum atomic E-state index is 0.00538. The van der Waals surface area contributed by atoms with Crippen LogP contribution in [0.5, 0.6) is 0 Å². The van der Waals surface area contributed by atoms with Crippen LogP contribution >= 0.6 is 0 Å². The van der Waals surface area contributed by atoms with Crippen molar-refractivity contribution in [1.29, 1.82) is 0 Å². The van der Waals surface area contributed by atoms with Crippen molar-refractivity contribution in [3.05, 3.63) is 0 Å². The molecule has 1 heterocycles. The van der Waals surface area contributed by atoms with Crippen LogP contribution in [0.3, 0.4) is 0 Å². The highest BCUT2D eigenvalue weighted by Gasteiger charge is 2.40. The summed E-state index contributed by atoms with van der Waals surface area (Å²) in [6.45, 7) is 8.17. The lowest BCUT2D eigenvalue weighted by molar-refractivity contribution is -0.136. The SMILES string of the molecule is C#C.CCCC1CC(C)C(C(=O)CC)C(C)N(C)C1=O. The lowest BCUT2D eigenvalue weighted by Gasteiger charge is -2.31. The minimum Gasteiger partial charge on any atom is -0.342 e. The number of Topliss-reactive ketones (excluding diaryl/α,β-unsaturated/α-hetero) is 1. The molecule has 1 aliphatic heterocycles. The maximum Gasteiger partial charge on any atom is 0.225 e. The van der Waals surface area contributed by atoms with Crippen LogP contribution in [0.4, 0.5) is 0 Å². The van der Waals surface area contributed by atoms with Crippen molar-refractivity contribution in [2.75, 3.05) is 7.05 Å². The molecular formula is C17H29NO2. The number of likely N-dealkylation sites (tertiary alicyclic amines) is 1. The molecule has 0 N–H and O–H groups in total. The quantitative estimate of drug-likeness (QED) is 0.741. The maximum atomic E-state index is 12.4. The van der Waals surface area contributed by atoms with Gasteiger partial charge in [-0.15, -0.1) is 12.8 Å². The average Bonchev–Trinajstić information content (AvgIpc) is 2.53. The summed E-state index contributed by atoms with van der Waals surface area (Å²) in [5.74, 6) is 0.935. The number of nitrogens with zero attached hydrogens (tertiary/aromatic N) is 1. The predicted octanol–water partition coefficient (Wildman–Crippen LogP) is 3.13. The Bertz CT molecular complexity index is 348. The lowest BCUT2D eigenvalue weighted by atomic mass is 9.80. The van der Waals surface area contributed by atoms with E-state index in [1.807, 2.05) is 25.8 Å². The van der Waals surface area contributed by atoms with Crippen molar-refractivity contribution in [3.8, 4) is 12.8 Å². The van der Waals surface area contributed by atoms with E-state index in [2.05, 4.69) is 26.7 Å². The Labute approximate surface area is 124 Å². The van der Waals surface area contributed by atoms with Crippen LogP contribution in [0, 0.1) is 30.6 Å². The fraction of sp³-hybridized carbons (Fsp3) is 0.765. The van der Waals surface area contributed by atoms with Crippen LogP contribution in [0.25, 0.3) is 0 Å². The average molecular weight is 279 g/mol. The molecule has 0 aromatic rings. The second kappa shape index (κ2) is 8.79. The zero-order valence-corrected chi connectivity index (χ0v) is 13.6. The Kier molecular flexibility index (Phi) is 8.22. The molecule has 0 saturated carbocycles. The third-order valence-corrected chi connectivity index (χ3v) is 4.45. The minimum absolute atomic E-state index is 0.00538. The summed E-state index contributed by atoms with van der Waals surface area (Å²) in [6, 6.07) is 0.0295. The topological polar surface area (TPSA) is 37.4 Å². The van der Waals surface area contributed by atoms with Gasteiger partial charge in [0.15, 0.2) is 0 Å². The molecule has 4 atom stereocenters. The fourth-order valence-electron chi connectivity index (χ4n) is 3.31. The Morgan fingerprint density at radius 3 is 2.30 bits per heavy atom. The molecule has 114 valence electrons. The molecule has 0 aromatic heterocycles. The Morgan fingerprint density at radius 1 is 1.30 bits per heavy atom. The van der Waals surface area contributed by atoms with Crippen molar-refractivity contribution in [2.45, 2.75) is 59.4 Å². The van der Waals surface area contributed by atoms with E-state index in [0.29, 0.717) is 18.1 Å². The summed E-state index contributed by atoms with van der Waals surface area (Å²) in [6.07, 6.45) is 11.4. The van der Waals surface area contributed by atoms with E-state index in [4.69, 9.17) is 0 Å². The summed E-state index contributed by atoms with van der Waals surface area (Å²) in [5.41, 5.74) is 0. The molecule has 4 unspecified atom stereocenters. The number of carbonyl (C=O) groups excluding carboxylic acids is 2. The number of carbonyl (C=O) groups is 2. The van der Waals surface area contributed by atoms with Gasteiger partial charge in [-0.1, -0.05) is 27.2 Å². The Hall–Kier alpha value is -1.30. The molecule has 1 amide bonds. The first-order chi connectivity index (χ1) is 9.43. The van der Waals surface area contributed by atoms with Gasteiger partial charge in [-0.25, -0.2) is 0 Å².